The molecule has 0 saturated carbocycles. The number of nitrogens with one attached hydrogen (secondary N) is 1. The molecule has 1 heterocycles. The van der Waals surface area contributed by atoms with Gasteiger partial charge in [0.25, 0.3) is 5.69 Å². The Balaban J connectivity index is 2.39. The SMILES string of the molecule is N=C(N)[N+](N)=CC=Cc1cccn1-c1ccccc1[N+](=O)[O-]. The van der Waals surface area contributed by atoms with Gasteiger partial charge in [0, 0.05) is 18.0 Å². The van der Waals surface area contributed by atoms with E-state index in [4.69, 9.17) is 17.0 Å². The number of benzene rings is 1. The zero-order chi connectivity index (χ0) is 16.1. The monoisotopic (exact) mass is 299 g/mol. The van der Waals surface area contributed by atoms with E-state index in [1.54, 1.807) is 53.2 Å². The summed E-state index contributed by atoms with van der Waals surface area (Å²) in [5.41, 5.74) is 6.41. The third-order valence-corrected chi connectivity index (χ3v) is 2.91. The van der Waals surface area contributed by atoms with E-state index >= 15 is 0 Å². The van der Waals surface area contributed by atoms with Crippen LogP contribution < -0.4 is 11.6 Å². The molecule has 8 heteroatoms. The van der Waals surface area contributed by atoms with Crippen LogP contribution in [0.25, 0.3) is 11.8 Å². The maximum absolute atomic E-state index is 11.1. The lowest BCUT2D eigenvalue weighted by molar-refractivity contribution is -0.417. The summed E-state index contributed by atoms with van der Waals surface area (Å²) in [6, 6.07) is 10.1. The van der Waals surface area contributed by atoms with Crippen LogP contribution in [0.15, 0.2) is 48.7 Å². The van der Waals surface area contributed by atoms with Crippen molar-refractivity contribution < 1.29 is 9.61 Å². The first-order chi connectivity index (χ1) is 10.5. The van der Waals surface area contributed by atoms with Gasteiger partial charge in [-0.1, -0.05) is 12.1 Å². The number of allylic oxidation sites excluding steroid dienone is 1. The minimum Gasteiger partial charge on any atom is -0.311 e. The number of hydrazone groups is 1. The Hall–Kier alpha value is -3.42. The van der Waals surface area contributed by atoms with Crippen molar-refractivity contribution in [1.82, 2.24) is 4.57 Å². The third-order valence-electron chi connectivity index (χ3n) is 2.91. The molecule has 5 N–H and O–H groups in total. The van der Waals surface area contributed by atoms with Gasteiger partial charge in [0.1, 0.15) is 5.69 Å². The van der Waals surface area contributed by atoms with E-state index < -0.39 is 4.92 Å². The summed E-state index contributed by atoms with van der Waals surface area (Å²) in [6.45, 7) is 0. The molecule has 0 bridgehead atoms. The molecule has 0 saturated heterocycles. The number of para-hydroxylation sites is 2. The Bertz CT molecular complexity index is 775. The van der Waals surface area contributed by atoms with E-state index in [2.05, 4.69) is 0 Å². The number of nitro groups is 1. The number of rotatable bonds is 4. The van der Waals surface area contributed by atoms with Crippen LogP contribution in [0.5, 0.6) is 0 Å². The van der Waals surface area contributed by atoms with Crippen molar-refractivity contribution in [2.45, 2.75) is 0 Å². The van der Waals surface area contributed by atoms with E-state index in [1.165, 1.54) is 12.3 Å². The molecule has 112 valence electrons. The average Bonchev–Trinajstić information content (AvgIpc) is 2.95. The van der Waals surface area contributed by atoms with Crippen molar-refractivity contribution in [1.29, 1.82) is 5.41 Å². The van der Waals surface area contributed by atoms with Gasteiger partial charge in [-0.2, -0.15) is 0 Å². The molecule has 0 amide bonds. The van der Waals surface area contributed by atoms with Gasteiger partial charge in [-0.05, 0) is 30.4 Å². The molecule has 0 aliphatic heterocycles. The smallest absolute Gasteiger partial charge is 0.311 e. The Morgan fingerprint density at radius 1 is 1.27 bits per heavy atom. The highest BCUT2D eigenvalue weighted by Gasteiger charge is 2.14. The molecule has 0 aliphatic carbocycles. The van der Waals surface area contributed by atoms with Crippen LogP contribution in [-0.4, -0.2) is 26.3 Å². The van der Waals surface area contributed by atoms with Crippen molar-refractivity contribution in [3.8, 4) is 5.69 Å². The first kappa shape index (κ1) is 15.0. The van der Waals surface area contributed by atoms with Crippen molar-refractivity contribution in [2.75, 3.05) is 0 Å². The van der Waals surface area contributed by atoms with E-state index in [9.17, 15) is 10.1 Å². The Morgan fingerprint density at radius 2 is 2.00 bits per heavy atom. The minimum absolute atomic E-state index is 0.0153. The second-order valence-corrected chi connectivity index (χ2v) is 4.35. The molecule has 0 unspecified atom stereocenters. The zero-order valence-corrected chi connectivity index (χ0v) is 11.6. The molecule has 0 radical (unpaired) electrons. The van der Waals surface area contributed by atoms with Gasteiger partial charge < -0.3 is 4.57 Å². The van der Waals surface area contributed by atoms with Gasteiger partial charge in [-0.25, -0.2) is 0 Å². The first-order valence-corrected chi connectivity index (χ1v) is 6.31. The molecule has 2 aromatic rings. The molecule has 22 heavy (non-hydrogen) atoms. The molecule has 0 fully saturated rings. The van der Waals surface area contributed by atoms with Crippen LogP contribution in [0.3, 0.4) is 0 Å². The predicted molar refractivity (Wildman–Crippen MR) is 83.9 cm³/mol. The zero-order valence-electron chi connectivity index (χ0n) is 11.6. The van der Waals surface area contributed by atoms with E-state index in [0.29, 0.717) is 5.69 Å². The van der Waals surface area contributed by atoms with Crippen LogP contribution in [-0.2, 0) is 0 Å². The number of hydrogen-bond donors (Lipinski definition) is 3. The predicted octanol–water partition coefficient (Wildman–Crippen LogP) is 1.25. The fourth-order valence-corrected chi connectivity index (χ4v) is 1.89. The standard InChI is InChI=1S/C14H15N6O2/c15-14(16)19(17)10-4-6-11-5-3-9-18(11)12-7-1-2-8-13(12)20(21)22/h1-10H,17H2,(H3,15,16)/q+1. The number of aromatic nitrogens is 1. The number of hydrogen-bond acceptors (Lipinski definition) is 4. The fourth-order valence-electron chi connectivity index (χ4n) is 1.89. The van der Waals surface area contributed by atoms with Gasteiger partial charge >= 0.3 is 5.96 Å². The van der Waals surface area contributed by atoms with Crippen molar-refractivity contribution in [3.63, 3.8) is 0 Å². The normalized spacial score (nSPS) is 11.7. The maximum atomic E-state index is 11.1. The number of guanidine groups is 1. The fraction of sp³-hybridized carbons (Fsp3) is 0. The largest absolute Gasteiger partial charge is 0.403 e. The van der Waals surface area contributed by atoms with Crippen molar-refractivity contribution in [2.24, 2.45) is 11.6 Å². The van der Waals surface area contributed by atoms with Gasteiger partial charge in [0.2, 0.25) is 0 Å². The van der Waals surface area contributed by atoms with E-state index in [1.807, 2.05) is 0 Å². The van der Waals surface area contributed by atoms with Crippen molar-refractivity contribution in [3.05, 3.63) is 64.5 Å². The van der Waals surface area contributed by atoms with E-state index in [-0.39, 0.29) is 11.6 Å². The number of hydrazine groups is 1. The molecular formula is C14H15N6O2+. The first-order valence-electron chi connectivity index (χ1n) is 6.31. The topological polar surface area (TPSA) is 127 Å². The summed E-state index contributed by atoms with van der Waals surface area (Å²) in [5, 5.41) is 18.3. The highest BCUT2D eigenvalue weighted by molar-refractivity contribution is 5.79. The highest BCUT2D eigenvalue weighted by Crippen LogP contribution is 2.24. The van der Waals surface area contributed by atoms with Gasteiger partial charge in [-0.15, -0.1) is 10.1 Å². The average molecular weight is 299 g/mol. The number of nitro benzene ring substituents is 1. The van der Waals surface area contributed by atoms with Gasteiger partial charge in [0.15, 0.2) is 0 Å². The third kappa shape index (κ3) is 3.18. The molecule has 0 aliphatic rings. The second-order valence-electron chi connectivity index (χ2n) is 4.35. The summed E-state index contributed by atoms with van der Waals surface area (Å²) < 4.78 is 2.64. The van der Waals surface area contributed by atoms with Crippen LogP contribution >= 0.6 is 0 Å². The molecule has 8 nitrogen and oxygen atoms in total. The summed E-state index contributed by atoms with van der Waals surface area (Å²) in [7, 11) is 0. The van der Waals surface area contributed by atoms with E-state index in [0.717, 1.165) is 10.4 Å². The number of nitrogens with two attached hydrogens (primary N) is 2. The van der Waals surface area contributed by atoms with Crippen LogP contribution in [0, 0.1) is 15.5 Å². The van der Waals surface area contributed by atoms with Gasteiger partial charge in [0.05, 0.1) is 11.1 Å². The summed E-state index contributed by atoms with van der Waals surface area (Å²) >= 11 is 0. The Labute approximate surface area is 126 Å². The molecular weight excluding hydrogens is 284 g/mol. The molecule has 0 spiro atoms. The van der Waals surface area contributed by atoms with Crippen LogP contribution in [0.4, 0.5) is 5.69 Å². The highest BCUT2D eigenvalue weighted by atomic mass is 16.6. The Morgan fingerprint density at radius 3 is 2.68 bits per heavy atom. The lowest BCUT2D eigenvalue weighted by atomic mass is 10.2. The maximum Gasteiger partial charge on any atom is 0.403 e. The lowest BCUT2D eigenvalue weighted by Gasteiger charge is -2.06. The lowest BCUT2D eigenvalue weighted by Crippen LogP contribution is -2.33. The van der Waals surface area contributed by atoms with Gasteiger partial charge in [-0.3, -0.25) is 21.7 Å². The minimum atomic E-state index is -0.424. The molecule has 0 atom stereocenters. The molecule has 1 aromatic carbocycles. The number of nitrogens with zero attached hydrogens (tertiary/aromatic N) is 3. The molecule has 1 aromatic heterocycles. The van der Waals surface area contributed by atoms with Crippen LogP contribution in [0.1, 0.15) is 5.69 Å². The van der Waals surface area contributed by atoms with Crippen LogP contribution in [0.2, 0.25) is 0 Å². The summed E-state index contributed by atoms with van der Waals surface area (Å²) in [6.07, 6.45) is 6.45. The molecule has 2 rings (SSSR count). The second kappa shape index (κ2) is 6.35. The quantitative estimate of drug-likeness (QED) is 0.196. The summed E-state index contributed by atoms with van der Waals surface area (Å²) in [5.74, 6) is 5.16. The summed E-state index contributed by atoms with van der Waals surface area (Å²) in [4.78, 5) is 10.7. The van der Waals surface area contributed by atoms with Crippen molar-refractivity contribution >= 4 is 23.9 Å². The Kier molecular flexibility index (Phi) is 4.33.